The zero-order valence-corrected chi connectivity index (χ0v) is 17.6. The van der Waals surface area contributed by atoms with Gasteiger partial charge in [-0.3, -0.25) is 4.79 Å². The summed E-state index contributed by atoms with van der Waals surface area (Å²) in [4.78, 5) is 21.7. The van der Waals surface area contributed by atoms with Crippen LogP contribution >= 0.6 is 11.6 Å². The Morgan fingerprint density at radius 2 is 2.06 bits per heavy atom. The topological polar surface area (TPSA) is 75.5 Å². The summed E-state index contributed by atoms with van der Waals surface area (Å²) in [6.07, 6.45) is 4.18. The molecule has 0 amide bonds. The van der Waals surface area contributed by atoms with Crippen molar-refractivity contribution >= 4 is 23.5 Å². The second kappa shape index (κ2) is 8.89. The van der Waals surface area contributed by atoms with Crippen LogP contribution in [0.1, 0.15) is 17.5 Å². The molecule has 1 N–H and O–H groups in total. The minimum atomic E-state index is -0.801. The number of anilines is 1. The van der Waals surface area contributed by atoms with Gasteiger partial charge in [-0.2, -0.15) is 0 Å². The zero-order valence-electron chi connectivity index (χ0n) is 16.9. The Bertz CT molecular complexity index is 1110. The van der Waals surface area contributed by atoms with Gasteiger partial charge < -0.3 is 14.7 Å². The van der Waals surface area contributed by atoms with Crippen LogP contribution in [0.25, 0.3) is 11.1 Å². The Labute approximate surface area is 184 Å². The predicted molar refractivity (Wildman–Crippen MR) is 116 cm³/mol. The summed E-state index contributed by atoms with van der Waals surface area (Å²) in [5, 5.41) is 9.66. The first-order valence-corrected chi connectivity index (χ1v) is 10.2. The highest BCUT2D eigenvalue weighted by molar-refractivity contribution is 6.30. The first-order chi connectivity index (χ1) is 15.0. The summed E-state index contributed by atoms with van der Waals surface area (Å²) >= 11 is 6.09. The standard InChI is InChI=1S/C23H21ClFN3O3/c1-31-19-6-5-16(21(25)20(19)15-3-2-4-18(24)10-15)9-14-11-26-23(27-12-14)28-8-7-17(13-28)22(29)30/h2-6,10-12,17H,7-9,13H2,1H3,(H,29,30). The number of carboxylic acid groups (broad SMARTS) is 1. The second-order valence-electron chi connectivity index (χ2n) is 7.46. The van der Waals surface area contributed by atoms with Gasteiger partial charge in [0.25, 0.3) is 0 Å². The van der Waals surface area contributed by atoms with Gasteiger partial charge in [-0.1, -0.05) is 29.8 Å². The normalized spacial score (nSPS) is 15.8. The van der Waals surface area contributed by atoms with Crippen LogP contribution in [0.4, 0.5) is 10.3 Å². The quantitative estimate of drug-likeness (QED) is 0.609. The van der Waals surface area contributed by atoms with Crippen LogP contribution in [0.2, 0.25) is 5.02 Å². The van der Waals surface area contributed by atoms with Crippen molar-refractivity contribution in [2.75, 3.05) is 25.1 Å². The fraction of sp³-hybridized carbons (Fsp3) is 0.261. The summed E-state index contributed by atoms with van der Waals surface area (Å²) in [5.41, 5.74) is 2.23. The molecule has 1 atom stereocenters. The lowest BCUT2D eigenvalue weighted by Crippen LogP contribution is -2.24. The van der Waals surface area contributed by atoms with Crippen molar-refractivity contribution in [1.82, 2.24) is 9.97 Å². The average Bonchev–Trinajstić information content (AvgIpc) is 3.26. The molecule has 4 rings (SSSR count). The predicted octanol–water partition coefficient (Wildman–Crippen LogP) is 4.45. The second-order valence-corrected chi connectivity index (χ2v) is 7.90. The maximum absolute atomic E-state index is 15.4. The highest BCUT2D eigenvalue weighted by Crippen LogP contribution is 2.36. The van der Waals surface area contributed by atoms with Gasteiger partial charge in [0.05, 0.1) is 18.6 Å². The number of halogens is 2. The van der Waals surface area contributed by atoms with Crippen LogP contribution in [0.3, 0.4) is 0 Å². The highest BCUT2D eigenvalue weighted by Gasteiger charge is 2.29. The Morgan fingerprint density at radius 1 is 1.29 bits per heavy atom. The van der Waals surface area contributed by atoms with Gasteiger partial charge in [0, 0.05) is 36.9 Å². The van der Waals surface area contributed by atoms with Gasteiger partial charge in [0.2, 0.25) is 5.95 Å². The van der Waals surface area contributed by atoms with Gasteiger partial charge in [-0.15, -0.1) is 0 Å². The van der Waals surface area contributed by atoms with Crippen molar-refractivity contribution in [3.8, 4) is 16.9 Å². The third-order valence-electron chi connectivity index (χ3n) is 5.42. The third-order valence-corrected chi connectivity index (χ3v) is 5.66. The number of nitrogens with zero attached hydrogens (tertiary/aromatic N) is 3. The molecule has 1 saturated heterocycles. The number of hydrogen-bond acceptors (Lipinski definition) is 5. The van der Waals surface area contributed by atoms with Gasteiger partial charge in [0.15, 0.2) is 0 Å². The first kappa shape index (κ1) is 21.1. The molecule has 0 radical (unpaired) electrons. The van der Waals surface area contributed by atoms with E-state index in [2.05, 4.69) is 9.97 Å². The number of hydrogen-bond donors (Lipinski definition) is 1. The Kier molecular flexibility index (Phi) is 6.04. The molecule has 31 heavy (non-hydrogen) atoms. The fourth-order valence-corrected chi connectivity index (χ4v) is 3.98. The zero-order chi connectivity index (χ0) is 22.0. The number of aliphatic carboxylic acids is 1. The highest BCUT2D eigenvalue weighted by atomic mass is 35.5. The van der Waals surface area contributed by atoms with Gasteiger partial charge in [0.1, 0.15) is 11.6 Å². The van der Waals surface area contributed by atoms with Gasteiger partial charge in [-0.05, 0) is 41.3 Å². The number of carboxylic acids is 1. The van der Waals surface area contributed by atoms with E-state index in [9.17, 15) is 4.79 Å². The summed E-state index contributed by atoms with van der Waals surface area (Å²) < 4.78 is 20.8. The fourth-order valence-electron chi connectivity index (χ4n) is 3.79. The number of benzene rings is 2. The van der Waals surface area contributed by atoms with E-state index in [4.69, 9.17) is 21.4 Å². The van der Waals surface area contributed by atoms with Gasteiger partial charge in [-0.25, -0.2) is 14.4 Å². The number of carbonyl (C=O) groups is 1. The van der Waals surface area contributed by atoms with Crippen LogP contribution in [0.5, 0.6) is 5.75 Å². The molecule has 1 fully saturated rings. The van der Waals surface area contributed by atoms with Crippen LogP contribution in [-0.2, 0) is 11.2 Å². The molecule has 0 spiro atoms. The van der Waals surface area contributed by atoms with Crippen molar-refractivity contribution in [3.63, 3.8) is 0 Å². The SMILES string of the molecule is COc1ccc(Cc2cnc(N3CCC(C(=O)O)C3)nc2)c(F)c1-c1cccc(Cl)c1. The van der Waals surface area contributed by atoms with E-state index in [1.807, 2.05) is 4.90 Å². The van der Waals surface area contributed by atoms with Crippen molar-refractivity contribution < 1.29 is 19.0 Å². The van der Waals surface area contributed by atoms with Gasteiger partial charge >= 0.3 is 5.97 Å². The number of ether oxygens (including phenoxy) is 1. The molecule has 160 valence electrons. The summed E-state index contributed by atoms with van der Waals surface area (Å²) in [7, 11) is 1.50. The van der Waals surface area contributed by atoms with Crippen molar-refractivity contribution in [2.24, 2.45) is 5.92 Å². The maximum Gasteiger partial charge on any atom is 0.308 e. The largest absolute Gasteiger partial charge is 0.496 e. The van der Waals surface area contributed by atoms with E-state index >= 15 is 4.39 Å². The molecule has 1 aliphatic rings. The van der Waals surface area contributed by atoms with Crippen molar-refractivity contribution in [1.29, 1.82) is 0 Å². The smallest absolute Gasteiger partial charge is 0.308 e. The van der Waals surface area contributed by atoms with E-state index in [1.54, 1.807) is 48.8 Å². The lowest BCUT2D eigenvalue weighted by Gasteiger charge is -2.16. The molecule has 2 aromatic carbocycles. The Balaban J connectivity index is 1.57. The summed E-state index contributed by atoms with van der Waals surface area (Å²) in [6.45, 7) is 0.997. The molecule has 0 saturated carbocycles. The molecule has 1 aromatic heterocycles. The minimum absolute atomic E-state index is 0.307. The maximum atomic E-state index is 15.4. The van der Waals surface area contributed by atoms with E-state index in [1.165, 1.54) is 7.11 Å². The van der Waals surface area contributed by atoms with E-state index in [-0.39, 0.29) is 5.82 Å². The molecule has 1 unspecified atom stereocenters. The molecule has 8 heteroatoms. The Hall–Kier alpha value is -3.19. The summed E-state index contributed by atoms with van der Waals surface area (Å²) in [5.74, 6) is -0.667. The lowest BCUT2D eigenvalue weighted by molar-refractivity contribution is -0.140. The van der Waals surface area contributed by atoms with Crippen LogP contribution < -0.4 is 9.64 Å². The van der Waals surface area contributed by atoms with Crippen LogP contribution in [0.15, 0.2) is 48.8 Å². The molecule has 0 aliphatic carbocycles. The number of methoxy groups -OCH3 is 1. The van der Waals surface area contributed by atoms with E-state index in [0.717, 1.165) is 5.56 Å². The van der Waals surface area contributed by atoms with E-state index < -0.39 is 11.9 Å². The Morgan fingerprint density at radius 3 is 2.71 bits per heavy atom. The first-order valence-electron chi connectivity index (χ1n) is 9.86. The molecule has 3 aromatic rings. The molecule has 0 bridgehead atoms. The number of aromatic nitrogens is 2. The molecular weight excluding hydrogens is 421 g/mol. The monoisotopic (exact) mass is 441 g/mol. The molecule has 6 nitrogen and oxygen atoms in total. The molecule has 2 heterocycles. The number of rotatable bonds is 6. The van der Waals surface area contributed by atoms with Crippen LogP contribution in [-0.4, -0.2) is 41.2 Å². The minimum Gasteiger partial charge on any atom is -0.496 e. The average molecular weight is 442 g/mol. The third kappa shape index (κ3) is 4.46. The summed E-state index contributed by atoms with van der Waals surface area (Å²) in [6, 6.07) is 10.4. The molecule has 1 aliphatic heterocycles. The van der Waals surface area contributed by atoms with E-state index in [0.29, 0.717) is 59.3 Å². The van der Waals surface area contributed by atoms with Crippen LogP contribution in [0, 0.1) is 11.7 Å². The van der Waals surface area contributed by atoms with Crippen molar-refractivity contribution in [3.05, 3.63) is 70.8 Å². The molecular formula is C23H21ClFN3O3. The van der Waals surface area contributed by atoms with Crippen molar-refractivity contribution in [2.45, 2.75) is 12.8 Å². The lowest BCUT2D eigenvalue weighted by atomic mass is 9.98.